The molecule has 3 rings (SSSR count). The van der Waals surface area contributed by atoms with Crippen molar-refractivity contribution in [2.45, 2.75) is 13.5 Å². The summed E-state index contributed by atoms with van der Waals surface area (Å²) in [6.45, 7) is 2.25. The first-order chi connectivity index (χ1) is 9.20. The third-order valence-corrected chi connectivity index (χ3v) is 2.88. The summed E-state index contributed by atoms with van der Waals surface area (Å²) in [4.78, 5) is 36.9. The van der Waals surface area contributed by atoms with Crippen LogP contribution in [-0.2, 0) is 6.54 Å². The summed E-state index contributed by atoms with van der Waals surface area (Å²) in [5.74, 6) is 0.515. The van der Waals surface area contributed by atoms with E-state index >= 15 is 0 Å². The number of hydrogen-bond acceptors (Lipinski definition) is 4. The zero-order valence-corrected chi connectivity index (χ0v) is 10.2. The molecular weight excluding hydrogens is 246 g/mol. The molecule has 0 unspecified atom stereocenters. The van der Waals surface area contributed by atoms with Gasteiger partial charge in [-0.3, -0.25) is 19.3 Å². The standard InChI is InChI=1S/C12H11N5O2/c1-2-17-10-8(11(18)16-12(17)19)14-9(15-10)7-4-3-5-13-6-7/h3-6H,2H2,1H3,(H,14,15)(H,16,18,19). The fourth-order valence-corrected chi connectivity index (χ4v) is 1.97. The number of fused-ring (bicyclic) bond motifs is 1. The van der Waals surface area contributed by atoms with Gasteiger partial charge in [0.2, 0.25) is 0 Å². The van der Waals surface area contributed by atoms with Crippen LogP contribution in [0.1, 0.15) is 6.92 Å². The maximum Gasteiger partial charge on any atom is 0.330 e. The number of H-pyrrole nitrogens is 2. The van der Waals surface area contributed by atoms with Crippen LogP contribution in [0, 0.1) is 0 Å². The molecule has 0 atom stereocenters. The lowest BCUT2D eigenvalue weighted by atomic mass is 10.3. The minimum absolute atomic E-state index is 0.292. The summed E-state index contributed by atoms with van der Waals surface area (Å²) in [5.41, 5.74) is 0.486. The number of aromatic nitrogens is 5. The Morgan fingerprint density at radius 1 is 1.32 bits per heavy atom. The number of aryl methyl sites for hydroxylation is 1. The van der Waals surface area contributed by atoms with Crippen LogP contribution in [0.4, 0.5) is 0 Å². The third-order valence-electron chi connectivity index (χ3n) is 2.88. The highest BCUT2D eigenvalue weighted by molar-refractivity contribution is 5.75. The van der Waals surface area contributed by atoms with E-state index in [2.05, 4.69) is 19.9 Å². The molecule has 3 aromatic heterocycles. The molecule has 0 bridgehead atoms. The van der Waals surface area contributed by atoms with Gasteiger partial charge in [0.05, 0.1) is 0 Å². The Hall–Kier alpha value is -2.70. The van der Waals surface area contributed by atoms with Gasteiger partial charge in [-0.05, 0) is 19.1 Å². The average molecular weight is 257 g/mol. The first-order valence-corrected chi connectivity index (χ1v) is 5.84. The number of nitrogens with zero attached hydrogens (tertiary/aromatic N) is 3. The smallest absolute Gasteiger partial charge is 0.330 e. The van der Waals surface area contributed by atoms with E-state index in [1.54, 1.807) is 18.5 Å². The van der Waals surface area contributed by atoms with Gasteiger partial charge < -0.3 is 4.98 Å². The molecule has 7 nitrogen and oxygen atoms in total. The van der Waals surface area contributed by atoms with Crippen LogP contribution in [0.5, 0.6) is 0 Å². The number of pyridine rings is 1. The predicted molar refractivity (Wildman–Crippen MR) is 69.9 cm³/mol. The van der Waals surface area contributed by atoms with Crippen LogP contribution < -0.4 is 11.2 Å². The summed E-state index contributed by atoms with van der Waals surface area (Å²) >= 11 is 0. The van der Waals surface area contributed by atoms with Crippen LogP contribution >= 0.6 is 0 Å². The van der Waals surface area contributed by atoms with Crippen molar-refractivity contribution < 1.29 is 0 Å². The van der Waals surface area contributed by atoms with Crippen LogP contribution in [0.25, 0.3) is 22.6 Å². The summed E-state index contributed by atoms with van der Waals surface area (Å²) in [5, 5.41) is 0. The molecule has 0 amide bonds. The van der Waals surface area contributed by atoms with E-state index in [9.17, 15) is 9.59 Å². The van der Waals surface area contributed by atoms with Crippen LogP contribution in [0.3, 0.4) is 0 Å². The lowest BCUT2D eigenvalue weighted by Crippen LogP contribution is -2.29. The number of imidazole rings is 1. The maximum absolute atomic E-state index is 11.8. The molecule has 3 heterocycles. The van der Waals surface area contributed by atoms with Crippen molar-refractivity contribution in [1.29, 1.82) is 0 Å². The fourth-order valence-electron chi connectivity index (χ4n) is 1.97. The van der Waals surface area contributed by atoms with Gasteiger partial charge in [-0.1, -0.05) is 0 Å². The van der Waals surface area contributed by atoms with Crippen molar-refractivity contribution in [2.24, 2.45) is 0 Å². The number of aromatic amines is 2. The van der Waals surface area contributed by atoms with Crippen LogP contribution in [0.2, 0.25) is 0 Å². The SMILES string of the molecule is CCn1c(=O)[nH]c(=O)c2[nH]c(-c3cccnc3)nc21. The molecule has 2 N–H and O–H groups in total. The van der Waals surface area contributed by atoms with E-state index in [-0.39, 0.29) is 0 Å². The van der Waals surface area contributed by atoms with Crippen molar-refractivity contribution in [3.63, 3.8) is 0 Å². The molecule has 7 heteroatoms. The second kappa shape index (κ2) is 4.20. The van der Waals surface area contributed by atoms with Crippen molar-refractivity contribution >= 4 is 11.2 Å². The zero-order chi connectivity index (χ0) is 13.4. The van der Waals surface area contributed by atoms with Gasteiger partial charge in [0.1, 0.15) is 11.3 Å². The number of nitrogens with one attached hydrogen (secondary N) is 2. The van der Waals surface area contributed by atoms with E-state index in [4.69, 9.17) is 0 Å². The normalized spacial score (nSPS) is 11.0. The fraction of sp³-hybridized carbons (Fsp3) is 0.167. The second-order valence-corrected chi connectivity index (χ2v) is 4.03. The van der Waals surface area contributed by atoms with Gasteiger partial charge in [-0.25, -0.2) is 9.78 Å². The highest BCUT2D eigenvalue weighted by Gasteiger charge is 2.12. The second-order valence-electron chi connectivity index (χ2n) is 4.03. The highest BCUT2D eigenvalue weighted by atomic mass is 16.2. The van der Waals surface area contributed by atoms with Gasteiger partial charge >= 0.3 is 5.69 Å². The van der Waals surface area contributed by atoms with E-state index < -0.39 is 11.2 Å². The molecule has 19 heavy (non-hydrogen) atoms. The summed E-state index contributed by atoms with van der Waals surface area (Å²) < 4.78 is 1.41. The van der Waals surface area contributed by atoms with Gasteiger partial charge in [-0.15, -0.1) is 0 Å². The highest BCUT2D eigenvalue weighted by Crippen LogP contribution is 2.16. The predicted octanol–water partition coefficient (Wildman–Crippen LogP) is 0.495. The van der Waals surface area contributed by atoms with E-state index in [1.165, 1.54) is 4.57 Å². The summed E-state index contributed by atoms with van der Waals surface area (Å²) in [6, 6.07) is 3.60. The first-order valence-electron chi connectivity index (χ1n) is 5.84. The lowest BCUT2D eigenvalue weighted by molar-refractivity contribution is 0.720. The maximum atomic E-state index is 11.8. The largest absolute Gasteiger partial charge is 0.332 e. The van der Waals surface area contributed by atoms with Crippen molar-refractivity contribution in [2.75, 3.05) is 0 Å². The Balaban J connectivity index is 2.35. The minimum atomic E-state index is -0.465. The molecule has 0 aromatic carbocycles. The Kier molecular flexibility index (Phi) is 2.52. The molecule has 0 saturated heterocycles. The molecule has 96 valence electrons. The summed E-state index contributed by atoms with van der Waals surface area (Å²) in [7, 11) is 0. The molecule has 0 aliphatic heterocycles. The van der Waals surface area contributed by atoms with Gasteiger partial charge in [0, 0.05) is 24.5 Å². The van der Waals surface area contributed by atoms with Gasteiger partial charge in [0.25, 0.3) is 5.56 Å². The molecule has 0 spiro atoms. The van der Waals surface area contributed by atoms with Crippen LogP contribution in [0.15, 0.2) is 34.1 Å². The molecule has 0 aliphatic rings. The topological polar surface area (TPSA) is 96.4 Å². The van der Waals surface area contributed by atoms with E-state index in [0.717, 1.165) is 5.56 Å². The Bertz CT molecular complexity index is 844. The molecule has 0 radical (unpaired) electrons. The molecule has 3 aromatic rings. The molecule has 0 saturated carbocycles. The first kappa shape index (κ1) is 11.4. The Labute approximate surface area is 107 Å². The molecular formula is C12H11N5O2. The number of rotatable bonds is 2. The van der Waals surface area contributed by atoms with Crippen molar-refractivity contribution in [1.82, 2.24) is 24.5 Å². The van der Waals surface area contributed by atoms with Crippen molar-refractivity contribution in [3.8, 4) is 11.4 Å². The lowest BCUT2D eigenvalue weighted by Gasteiger charge is -1.99. The van der Waals surface area contributed by atoms with Crippen LogP contribution in [-0.4, -0.2) is 24.5 Å². The van der Waals surface area contributed by atoms with E-state index in [1.807, 2.05) is 13.0 Å². The minimum Gasteiger partial charge on any atom is -0.332 e. The molecule has 0 aliphatic carbocycles. The van der Waals surface area contributed by atoms with Gasteiger partial charge in [-0.2, -0.15) is 0 Å². The number of hydrogen-bond donors (Lipinski definition) is 2. The Morgan fingerprint density at radius 3 is 2.84 bits per heavy atom. The summed E-state index contributed by atoms with van der Waals surface area (Å²) in [6.07, 6.45) is 3.29. The van der Waals surface area contributed by atoms with Gasteiger partial charge in [0.15, 0.2) is 5.65 Å². The van der Waals surface area contributed by atoms with E-state index in [0.29, 0.717) is 23.5 Å². The quantitative estimate of drug-likeness (QED) is 0.698. The molecule has 0 fully saturated rings. The average Bonchev–Trinajstić information content (AvgIpc) is 2.85. The van der Waals surface area contributed by atoms with Crippen molar-refractivity contribution in [3.05, 3.63) is 45.4 Å². The Morgan fingerprint density at radius 2 is 2.16 bits per heavy atom. The monoisotopic (exact) mass is 257 g/mol. The zero-order valence-electron chi connectivity index (χ0n) is 10.2. The third kappa shape index (κ3) is 1.75.